The minimum absolute atomic E-state index is 0.387. The number of hydrogen-bond donors (Lipinski definition) is 1. The Morgan fingerprint density at radius 3 is 2.90 bits per heavy atom. The molecule has 1 aromatic carbocycles. The summed E-state index contributed by atoms with van der Waals surface area (Å²) >= 11 is 7.70. The van der Waals surface area contributed by atoms with Gasteiger partial charge in [0.1, 0.15) is 5.01 Å². The number of nitrogen functional groups attached to an aromatic ring is 1. The molecule has 2 heterocycles. The zero-order chi connectivity index (χ0) is 14.1. The molecule has 0 aliphatic rings. The summed E-state index contributed by atoms with van der Waals surface area (Å²) in [6, 6.07) is 5.17. The van der Waals surface area contributed by atoms with Crippen LogP contribution in [0.4, 0.5) is 5.69 Å². The van der Waals surface area contributed by atoms with Crippen molar-refractivity contribution in [2.45, 2.75) is 13.3 Å². The lowest BCUT2D eigenvalue weighted by molar-refractivity contribution is 0.424. The molecule has 0 spiro atoms. The molecule has 0 unspecified atom stereocenters. The van der Waals surface area contributed by atoms with Gasteiger partial charge in [0.25, 0.3) is 5.89 Å². The van der Waals surface area contributed by atoms with Gasteiger partial charge in [0.2, 0.25) is 0 Å². The number of aromatic nitrogens is 3. The highest BCUT2D eigenvalue weighted by Gasteiger charge is 2.13. The summed E-state index contributed by atoms with van der Waals surface area (Å²) in [5.41, 5.74) is 7.92. The smallest absolute Gasteiger partial charge is 0.259 e. The summed E-state index contributed by atoms with van der Waals surface area (Å²) in [6.45, 7) is 1.95. The molecule has 0 saturated carbocycles. The maximum absolute atomic E-state index is 6.12. The van der Waals surface area contributed by atoms with Crippen molar-refractivity contribution in [2.24, 2.45) is 0 Å². The number of aryl methyl sites for hydroxylation is 1. The first-order chi connectivity index (χ1) is 9.61. The standard InChI is InChI=1S/C13H11ClN4OS/c1-7-6-20-12(16-7)5-11-17-13(19-18-11)9-3-2-8(15)4-10(9)14/h2-4,6H,5,15H2,1H3. The van der Waals surface area contributed by atoms with Crippen LogP contribution in [0.3, 0.4) is 0 Å². The third-order valence-electron chi connectivity index (χ3n) is 2.67. The SMILES string of the molecule is Cc1csc(Cc2noc(-c3ccc(N)cc3Cl)n2)n1. The average molecular weight is 307 g/mol. The minimum atomic E-state index is 0.387. The van der Waals surface area contributed by atoms with Crippen LogP contribution in [0.15, 0.2) is 28.1 Å². The molecule has 0 fully saturated rings. The number of nitrogens with zero attached hydrogens (tertiary/aromatic N) is 3. The Labute approximate surface area is 124 Å². The Morgan fingerprint density at radius 2 is 2.20 bits per heavy atom. The van der Waals surface area contributed by atoms with Crippen LogP contribution in [0.5, 0.6) is 0 Å². The van der Waals surface area contributed by atoms with E-state index in [2.05, 4.69) is 15.1 Å². The molecular weight excluding hydrogens is 296 g/mol. The molecule has 0 aliphatic heterocycles. The van der Waals surface area contributed by atoms with Crippen molar-refractivity contribution >= 4 is 28.6 Å². The summed E-state index contributed by atoms with van der Waals surface area (Å²) in [6.07, 6.45) is 0.550. The molecule has 20 heavy (non-hydrogen) atoms. The molecule has 102 valence electrons. The number of thiazole rings is 1. The van der Waals surface area contributed by atoms with Gasteiger partial charge in [-0.1, -0.05) is 16.8 Å². The first kappa shape index (κ1) is 13.1. The molecule has 0 amide bonds. The van der Waals surface area contributed by atoms with Gasteiger partial charge in [0.05, 0.1) is 17.0 Å². The van der Waals surface area contributed by atoms with Gasteiger partial charge in [-0.3, -0.25) is 0 Å². The molecule has 3 aromatic rings. The summed E-state index contributed by atoms with van der Waals surface area (Å²) in [5.74, 6) is 0.973. The monoisotopic (exact) mass is 306 g/mol. The van der Waals surface area contributed by atoms with Crippen LogP contribution in [-0.4, -0.2) is 15.1 Å². The zero-order valence-electron chi connectivity index (χ0n) is 10.6. The normalized spacial score (nSPS) is 10.9. The molecule has 0 atom stereocenters. The lowest BCUT2D eigenvalue weighted by Gasteiger charge is -1.99. The highest BCUT2D eigenvalue weighted by Crippen LogP contribution is 2.28. The molecular formula is C13H11ClN4OS. The molecule has 2 N–H and O–H groups in total. The fraction of sp³-hybridized carbons (Fsp3) is 0.154. The summed E-state index contributed by atoms with van der Waals surface area (Å²) in [5, 5.41) is 7.39. The predicted molar refractivity (Wildman–Crippen MR) is 78.8 cm³/mol. The molecule has 2 aromatic heterocycles. The number of anilines is 1. The van der Waals surface area contributed by atoms with Crippen LogP contribution in [-0.2, 0) is 6.42 Å². The van der Waals surface area contributed by atoms with Crippen molar-refractivity contribution in [3.63, 3.8) is 0 Å². The molecule has 0 saturated heterocycles. The van der Waals surface area contributed by atoms with E-state index in [-0.39, 0.29) is 0 Å². The second kappa shape index (κ2) is 5.22. The summed E-state index contributed by atoms with van der Waals surface area (Å²) < 4.78 is 5.24. The zero-order valence-corrected chi connectivity index (χ0v) is 12.2. The van der Waals surface area contributed by atoms with Gasteiger partial charge in [0, 0.05) is 16.8 Å². The van der Waals surface area contributed by atoms with E-state index < -0.39 is 0 Å². The van der Waals surface area contributed by atoms with Gasteiger partial charge in [-0.2, -0.15) is 4.98 Å². The van der Waals surface area contributed by atoms with Gasteiger partial charge in [-0.15, -0.1) is 11.3 Å². The Bertz CT molecular complexity index is 752. The van der Waals surface area contributed by atoms with Gasteiger partial charge in [0.15, 0.2) is 5.82 Å². The van der Waals surface area contributed by atoms with Crippen molar-refractivity contribution in [1.82, 2.24) is 15.1 Å². The van der Waals surface area contributed by atoms with Crippen molar-refractivity contribution in [3.8, 4) is 11.5 Å². The highest BCUT2D eigenvalue weighted by atomic mass is 35.5. The van der Waals surface area contributed by atoms with Crippen LogP contribution in [0.25, 0.3) is 11.5 Å². The van der Waals surface area contributed by atoms with Gasteiger partial charge < -0.3 is 10.3 Å². The van der Waals surface area contributed by atoms with E-state index in [1.807, 2.05) is 12.3 Å². The maximum atomic E-state index is 6.12. The second-order valence-electron chi connectivity index (χ2n) is 4.31. The molecule has 0 radical (unpaired) electrons. The Hall–Kier alpha value is -1.92. The first-order valence-corrected chi connectivity index (χ1v) is 7.16. The van der Waals surface area contributed by atoms with Crippen molar-refractivity contribution in [2.75, 3.05) is 5.73 Å². The van der Waals surface area contributed by atoms with E-state index in [9.17, 15) is 0 Å². The van der Waals surface area contributed by atoms with Crippen LogP contribution in [0, 0.1) is 6.92 Å². The highest BCUT2D eigenvalue weighted by molar-refractivity contribution is 7.09. The van der Waals surface area contributed by atoms with Crippen molar-refractivity contribution in [3.05, 3.63) is 45.1 Å². The average Bonchev–Trinajstić information content (AvgIpc) is 2.99. The number of benzene rings is 1. The number of rotatable bonds is 3. The lowest BCUT2D eigenvalue weighted by atomic mass is 10.2. The van der Waals surface area contributed by atoms with E-state index in [4.69, 9.17) is 21.9 Å². The minimum Gasteiger partial charge on any atom is -0.399 e. The van der Waals surface area contributed by atoms with Gasteiger partial charge >= 0.3 is 0 Å². The Kier molecular flexibility index (Phi) is 3.42. The molecule has 0 aliphatic carbocycles. The lowest BCUT2D eigenvalue weighted by Crippen LogP contribution is -1.90. The van der Waals surface area contributed by atoms with E-state index in [1.54, 1.807) is 29.5 Å². The maximum Gasteiger partial charge on any atom is 0.259 e. The number of hydrogen-bond acceptors (Lipinski definition) is 6. The molecule has 7 heteroatoms. The number of nitrogens with two attached hydrogens (primary N) is 1. The van der Waals surface area contributed by atoms with Gasteiger partial charge in [-0.05, 0) is 25.1 Å². The number of halogens is 1. The van der Waals surface area contributed by atoms with Crippen LogP contribution in [0.2, 0.25) is 5.02 Å². The van der Waals surface area contributed by atoms with E-state index in [0.717, 1.165) is 10.7 Å². The largest absolute Gasteiger partial charge is 0.399 e. The third-order valence-corrected chi connectivity index (χ3v) is 3.95. The second-order valence-corrected chi connectivity index (χ2v) is 5.66. The fourth-order valence-electron chi connectivity index (χ4n) is 1.76. The fourth-order valence-corrected chi connectivity index (χ4v) is 2.80. The van der Waals surface area contributed by atoms with Crippen molar-refractivity contribution < 1.29 is 4.52 Å². The first-order valence-electron chi connectivity index (χ1n) is 5.91. The topological polar surface area (TPSA) is 77.8 Å². The quantitative estimate of drug-likeness (QED) is 0.751. The Morgan fingerprint density at radius 1 is 1.35 bits per heavy atom. The third kappa shape index (κ3) is 2.66. The van der Waals surface area contributed by atoms with Crippen LogP contribution < -0.4 is 5.73 Å². The van der Waals surface area contributed by atoms with E-state index in [1.165, 1.54) is 0 Å². The molecule has 5 nitrogen and oxygen atoms in total. The summed E-state index contributed by atoms with van der Waals surface area (Å²) in [4.78, 5) is 8.71. The van der Waals surface area contributed by atoms with E-state index >= 15 is 0 Å². The summed E-state index contributed by atoms with van der Waals surface area (Å²) in [7, 11) is 0. The van der Waals surface area contributed by atoms with Gasteiger partial charge in [-0.25, -0.2) is 4.98 Å². The predicted octanol–water partition coefficient (Wildman–Crippen LogP) is 3.33. The Balaban J connectivity index is 1.86. The van der Waals surface area contributed by atoms with Crippen LogP contribution >= 0.6 is 22.9 Å². The molecule has 3 rings (SSSR count). The van der Waals surface area contributed by atoms with Crippen LogP contribution in [0.1, 0.15) is 16.5 Å². The molecule has 0 bridgehead atoms. The van der Waals surface area contributed by atoms with E-state index in [0.29, 0.717) is 34.4 Å². The van der Waals surface area contributed by atoms with Crippen molar-refractivity contribution in [1.29, 1.82) is 0 Å².